The number of fused-ring (bicyclic) bond motifs is 3. The summed E-state index contributed by atoms with van der Waals surface area (Å²) in [7, 11) is 3.79. The highest BCUT2D eigenvalue weighted by Crippen LogP contribution is 2.50. The van der Waals surface area contributed by atoms with Crippen molar-refractivity contribution in [2.45, 2.75) is 50.7 Å². The Bertz CT molecular complexity index is 1260. The van der Waals surface area contributed by atoms with Crippen LogP contribution in [0.4, 0.5) is 0 Å². The molecule has 9 nitrogen and oxygen atoms in total. The minimum atomic E-state index is -1.90. The Hall–Kier alpha value is -3.11. The molecule has 0 radical (unpaired) electrons. The summed E-state index contributed by atoms with van der Waals surface area (Å²) in [5, 5.41) is 37.6. The van der Waals surface area contributed by atoms with Gasteiger partial charge in [0.1, 0.15) is 23.7 Å². The molecule has 0 spiro atoms. The molecule has 0 saturated heterocycles. The minimum absolute atomic E-state index is 0.0808. The summed E-state index contributed by atoms with van der Waals surface area (Å²) in [5.74, 6) is -2.59. The zero-order valence-corrected chi connectivity index (χ0v) is 22.2. The van der Waals surface area contributed by atoms with Crippen LogP contribution in [-0.4, -0.2) is 83.6 Å². The van der Waals surface area contributed by atoms with Gasteiger partial charge in [0.2, 0.25) is 0 Å². The maximum absolute atomic E-state index is 13.4. The number of aliphatic hydroxyl groups is 1. The summed E-state index contributed by atoms with van der Waals surface area (Å²) >= 11 is 0. The summed E-state index contributed by atoms with van der Waals surface area (Å²) < 4.78 is 5.52. The van der Waals surface area contributed by atoms with Gasteiger partial charge < -0.3 is 30.3 Å². The molecular formula is C29H36N2O7. The highest BCUT2D eigenvalue weighted by atomic mass is 16.5. The molecule has 0 bridgehead atoms. The maximum Gasteiger partial charge on any atom is 0.198 e. The van der Waals surface area contributed by atoms with Gasteiger partial charge in [-0.1, -0.05) is 44.0 Å². The number of ketones is 3. The SMILES string of the molecule is CCCCCOCC(=O)C1(O)Cc2c(O)c3c(c(O)c2C(NCCN(C)C)C1)C(=O)c1ccccc1C3=O. The maximum atomic E-state index is 13.4. The topological polar surface area (TPSA) is 136 Å². The Morgan fingerprint density at radius 1 is 1.08 bits per heavy atom. The average Bonchev–Trinajstić information content (AvgIpc) is 2.88. The van der Waals surface area contributed by atoms with Crippen molar-refractivity contribution >= 4 is 17.3 Å². The first-order chi connectivity index (χ1) is 18.1. The molecule has 2 aliphatic rings. The lowest BCUT2D eigenvalue weighted by Gasteiger charge is -2.39. The largest absolute Gasteiger partial charge is 0.507 e. The number of phenols is 2. The number of aromatic hydroxyl groups is 2. The van der Waals surface area contributed by atoms with Crippen molar-refractivity contribution in [1.82, 2.24) is 10.2 Å². The van der Waals surface area contributed by atoms with Crippen molar-refractivity contribution in [3.63, 3.8) is 0 Å². The van der Waals surface area contributed by atoms with Crippen molar-refractivity contribution < 1.29 is 34.4 Å². The van der Waals surface area contributed by atoms with Crippen molar-refractivity contribution in [1.29, 1.82) is 0 Å². The summed E-state index contributed by atoms with van der Waals surface area (Å²) in [6.07, 6.45) is 2.38. The molecular weight excluding hydrogens is 488 g/mol. The van der Waals surface area contributed by atoms with Gasteiger partial charge in [-0.25, -0.2) is 0 Å². The lowest BCUT2D eigenvalue weighted by Crippen LogP contribution is -2.50. The third-order valence-corrected chi connectivity index (χ3v) is 7.41. The van der Waals surface area contributed by atoms with Crippen molar-refractivity contribution in [2.24, 2.45) is 0 Å². The zero-order valence-electron chi connectivity index (χ0n) is 22.2. The summed E-state index contributed by atoms with van der Waals surface area (Å²) in [6.45, 7) is 3.24. The molecule has 0 fully saturated rings. The van der Waals surface area contributed by atoms with Gasteiger partial charge in [0.05, 0.1) is 11.1 Å². The second-order valence-electron chi connectivity index (χ2n) is 10.4. The number of carbonyl (C=O) groups excluding carboxylic acids is 3. The second kappa shape index (κ2) is 11.3. The molecule has 38 heavy (non-hydrogen) atoms. The number of unbranched alkanes of at least 4 members (excludes halogenated alkanes) is 2. The Kier molecular flexibility index (Phi) is 8.32. The minimum Gasteiger partial charge on any atom is -0.507 e. The molecule has 0 aliphatic heterocycles. The van der Waals surface area contributed by atoms with Crippen LogP contribution >= 0.6 is 0 Å². The lowest BCUT2D eigenvalue weighted by atomic mass is 9.71. The zero-order chi connectivity index (χ0) is 27.6. The monoisotopic (exact) mass is 524 g/mol. The van der Waals surface area contributed by atoms with Crippen LogP contribution in [0.3, 0.4) is 0 Å². The van der Waals surface area contributed by atoms with E-state index in [2.05, 4.69) is 12.2 Å². The van der Waals surface area contributed by atoms with Crippen LogP contribution in [0.25, 0.3) is 0 Å². The number of phenolic OH excluding ortho intramolecular Hbond substituents is 2. The number of nitrogens with zero attached hydrogens (tertiary/aromatic N) is 1. The van der Waals surface area contributed by atoms with Crippen molar-refractivity contribution in [3.05, 3.63) is 57.6 Å². The quantitative estimate of drug-likeness (QED) is 0.220. The molecule has 0 heterocycles. The molecule has 2 aliphatic carbocycles. The molecule has 2 aromatic carbocycles. The molecule has 2 atom stereocenters. The van der Waals surface area contributed by atoms with Gasteiger partial charge >= 0.3 is 0 Å². The number of hydrogen-bond acceptors (Lipinski definition) is 9. The Morgan fingerprint density at radius 3 is 2.32 bits per heavy atom. The molecule has 4 N–H and O–H groups in total. The third kappa shape index (κ3) is 5.11. The van der Waals surface area contributed by atoms with E-state index in [4.69, 9.17) is 4.74 Å². The Balaban J connectivity index is 1.76. The molecule has 204 valence electrons. The van der Waals surface area contributed by atoms with Crippen LogP contribution in [0.1, 0.15) is 81.6 Å². The second-order valence-corrected chi connectivity index (χ2v) is 10.4. The van der Waals surface area contributed by atoms with Crippen LogP contribution in [0.5, 0.6) is 11.5 Å². The molecule has 4 rings (SSSR count). The molecule has 0 aromatic heterocycles. The standard InChI is InChI=1S/C29H36N2O7/c1-4-5-8-13-38-16-21(32)29(37)14-19-22(20(15-29)30-11-12-31(2)3)28(36)24-23(27(19)35)25(33)17-9-6-7-10-18(17)26(24)34/h6-7,9-10,20,30,35-37H,4-5,8,11-16H2,1-3H3. The molecule has 0 saturated carbocycles. The Morgan fingerprint density at radius 2 is 1.71 bits per heavy atom. The van der Waals surface area contributed by atoms with Crippen molar-refractivity contribution in [2.75, 3.05) is 40.4 Å². The van der Waals surface area contributed by atoms with E-state index >= 15 is 0 Å². The number of nitrogens with one attached hydrogen (secondary N) is 1. The van der Waals surface area contributed by atoms with E-state index in [-0.39, 0.29) is 52.8 Å². The smallest absolute Gasteiger partial charge is 0.198 e. The van der Waals surface area contributed by atoms with E-state index in [0.29, 0.717) is 19.7 Å². The van der Waals surface area contributed by atoms with Gasteiger partial charge in [-0.3, -0.25) is 14.4 Å². The van der Waals surface area contributed by atoms with E-state index in [9.17, 15) is 29.7 Å². The summed E-state index contributed by atoms with van der Waals surface area (Å²) in [4.78, 5) is 41.9. The van der Waals surface area contributed by atoms with E-state index in [1.165, 1.54) is 12.1 Å². The fraction of sp³-hybridized carbons (Fsp3) is 0.483. The number of Topliss-reactive ketones (excluding diaryl/α,β-unsaturated/α-hetero) is 1. The van der Waals surface area contributed by atoms with Gasteiger partial charge in [-0.05, 0) is 20.5 Å². The lowest BCUT2D eigenvalue weighted by molar-refractivity contribution is -0.144. The van der Waals surface area contributed by atoms with Crippen LogP contribution in [-0.2, 0) is 16.0 Å². The Labute approximate surface area is 222 Å². The molecule has 2 aromatic rings. The summed E-state index contributed by atoms with van der Waals surface area (Å²) in [6, 6.07) is 5.50. The van der Waals surface area contributed by atoms with Crippen molar-refractivity contribution in [3.8, 4) is 11.5 Å². The van der Waals surface area contributed by atoms with E-state index in [1.54, 1.807) is 12.1 Å². The number of benzene rings is 2. The summed E-state index contributed by atoms with van der Waals surface area (Å²) in [5.41, 5.74) is -1.86. The molecule has 2 unspecified atom stereocenters. The van der Waals surface area contributed by atoms with Gasteiger partial charge in [0, 0.05) is 60.8 Å². The first-order valence-electron chi connectivity index (χ1n) is 13.1. The normalized spacial score (nSPS) is 20.3. The number of ether oxygens (including phenoxy) is 1. The predicted octanol–water partition coefficient (Wildman–Crippen LogP) is 2.52. The van der Waals surface area contributed by atoms with Crippen LogP contribution < -0.4 is 5.32 Å². The number of hydrogen-bond donors (Lipinski definition) is 4. The van der Waals surface area contributed by atoms with Crippen LogP contribution in [0.2, 0.25) is 0 Å². The van der Waals surface area contributed by atoms with Gasteiger partial charge in [0.25, 0.3) is 0 Å². The van der Waals surface area contributed by atoms with Crippen LogP contribution in [0.15, 0.2) is 24.3 Å². The van der Waals surface area contributed by atoms with Gasteiger partial charge in [0.15, 0.2) is 17.3 Å². The number of likely N-dealkylation sites (N-methyl/N-ethyl adjacent to an activating group) is 1. The number of carbonyl (C=O) groups is 3. The average molecular weight is 525 g/mol. The van der Waals surface area contributed by atoms with E-state index < -0.39 is 40.5 Å². The van der Waals surface area contributed by atoms with E-state index in [1.807, 2.05) is 19.0 Å². The highest BCUT2D eigenvalue weighted by Gasteiger charge is 2.48. The number of rotatable bonds is 11. The third-order valence-electron chi connectivity index (χ3n) is 7.41. The fourth-order valence-electron chi connectivity index (χ4n) is 5.34. The fourth-order valence-corrected chi connectivity index (χ4v) is 5.34. The highest BCUT2D eigenvalue weighted by molar-refractivity contribution is 6.30. The van der Waals surface area contributed by atoms with Gasteiger partial charge in [-0.2, -0.15) is 0 Å². The molecule has 0 amide bonds. The van der Waals surface area contributed by atoms with E-state index in [0.717, 1.165) is 19.3 Å². The first kappa shape index (κ1) is 27.9. The first-order valence-corrected chi connectivity index (χ1v) is 13.1. The van der Waals surface area contributed by atoms with Gasteiger partial charge in [-0.15, -0.1) is 0 Å². The molecule has 9 heteroatoms. The predicted molar refractivity (Wildman–Crippen MR) is 141 cm³/mol. The van der Waals surface area contributed by atoms with Crippen LogP contribution in [0, 0.1) is 0 Å².